The molecule has 0 aromatic heterocycles. The monoisotopic (exact) mass is 301 g/mol. The van der Waals surface area contributed by atoms with Gasteiger partial charge in [-0.3, -0.25) is 0 Å². The highest BCUT2D eigenvalue weighted by molar-refractivity contribution is 6.34. The molecule has 108 valence electrons. The van der Waals surface area contributed by atoms with E-state index >= 15 is 0 Å². The van der Waals surface area contributed by atoms with Gasteiger partial charge in [-0.15, -0.1) is 0 Å². The summed E-state index contributed by atoms with van der Waals surface area (Å²) in [6.07, 6.45) is 3.16. The zero-order valence-corrected chi connectivity index (χ0v) is 12.3. The predicted octanol–water partition coefficient (Wildman–Crippen LogP) is 4.51. The molecule has 2 aromatic carbocycles. The Bertz CT molecular complexity index is 684. The summed E-state index contributed by atoms with van der Waals surface area (Å²) >= 11 is 6.10. The highest BCUT2D eigenvalue weighted by atomic mass is 35.5. The number of anilines is 2. The van der Waals surface area contributed by atoms with Crippen LogP contribution in [0.25, 0.3) is 0 Å². The summed E-state index contributed by atoms with van der Waals surface area (Å²) in [5.41, 5.74) is 3.19. The van der Waals surface area contributed by atoms with Gasteiger partial charge in [-0.1, -0.05) is 35.9 Å². The predicted molar refractivity (Wildman–Crippen MR) is 84.8 cm³/mol. The third-order valence-corrected chi connectivity index (χ3v) is 4.17. The number of carboxylic acid groups (broad SMARTS) is 1. The van der Waals surface area contributed by atoms with Crippen molar-refractivity contribution in [1.82, 2.24) is 0 Å². The maximum Gasteiger partial charge on any atom is 0.339 e. The smallest absolute Gasteiger partial charge is 0.339 e. The van der Waals surface area contributed by atoms with Gasteiger partial charge in [-0.05, 0) is 43.0 Å². The van der Waals surface area contributed by atoms with Crippen molar-refractivity contribution < 1.29 is 9.90 Å². The standard InChI is InChI=1S/C17H16ClNO2/c18-13-8-5-10-15(16(13)17(20)21)19-11-4-3-7-12-6-1-2-9-14(12)19/h1-2,5-6,8-10H,3-4,7,11H2,(H,20,21). The van der Waals surface area contributed by atoms with Crippen LogP contribution in [0, 0.1) is 0 Å². The lowest BCUT2D eigenvalue weighted by Gasteiger charge is -2.26. The number of halogens is 1. The SMILES string of the molecule is O=C(O)c1c(Cl)cccc1N1CCCCc2ccccc21. The number of aryl methyl sites for hydroxylation is 1. The third kappa shape index (κ3) is 2.61. The van der Waals surface area contributed by atoms with Crippen molar-refractivity contribution >= 4 is 28.9 Å². The van der Waals surface area contributed by atoms with Gasteiger partial charge in [0.2, 0.25) is 0 Å². The Labute approximate surface area is 128 Å². The molecule has 1 heterocycles. The van der Waals surface area contributed by atoms with Gasteiger partial charge in [-0.2, -0.15) is 0 Å². The zero-order valence-electron chi connectivity index (χ0n) is 11.6. The normalized spacial score (nSPS) is 14.4. The molecule has 21 heavy (non-hydrogen) atoms. The molecular formula is C17H16ClNO2. The molecule has 4 heteroatoms. The minimum Gasteiger partial charge on any atom is -0.478 e. The highest BCUT2D eigenvalue weighted by Crippen LogP contribution is 2.36. The first kappa shape index (κ1) is 14.0. The first-order chi connectivity index (χ1) is 10.2. The molecule has 0 aliphatic carbocycles. The van der Waals surface area contributed by atoms with E-state index in [4.69, 9.17) is 11.6 Å². The van der Waals surface area contributed by atoms with Crippen molar-refractivity contribution in [3.63, 3.8) is 0 Å². The fourth-order valence-electron chi connectivity index (χ4n) is 2.89. The van der Waals surface area contributed by atoms with E-state index in [1.54, 1.807) is 12.1 Å². The van der Waals surface area contributed by atoms with Gasteiger partial charge in [0.05, 0.1) is 10.7 Å². The fourth-order valence-corrected chi connectivity index (χ4v) is 3.14. The number of carboxylic acids is 1. The van der Waals surface area contributed by atoms with Crippen LogP contribution in [0.4, 0.5) is 11.4 Å². The minimum absolute atomic E-state index is 0.177. The van der Waals surface area contributed by atoms with E-state index in [1.807, 2.05) is 24.3 Å². The second-order valence-corrected chi connectivity index (χ2v) is 5.58. The molecule has 0 atom stereocenters. The van der Waals surface area contributed by atoms with Gasteiger partial charge in [0, 0.05) is 12.2 Å². The second kappa shape index (κ2) is 5.78. The molecule has 1 aliphatic heterocycles. The molecule has 0 saturated heterocycles. The van der Waals surface area contributed by atoms with Crippen LogP contribution in [0.2, 0.25) is 5.02 Å². The lowest BCUT2D eigenvalue weighted by Crippen LogP contribution is -2.20. The number of rotatable bonds is 2. The number of para-hydroxylation sites is 1. The van der Waals surface area contributed by atoms with E-state index < -0.39 is 5.97 Å². The van der Waals surface area contributed by atoms with Crippen molar-refractivity contribution in [3.8, 4) is 0 Å². The summed E-state index contributed by atoms with van der Waals surface area (Å²) in [7, 11) is 0. The molecule has 0 bridgehead atoms. The fraction of sp³-hybridized carbons (Fsp3) is 0.235. The van der Waals surface area contributed by atoms with Crippen LogP contribution in [0.5, 0.6) is 0 Å². The van der Waals surface area contributed by atoms with E-state index in [1.165, 1.54) is 5.56 Å². The van der Waals surface area contributed by atoms with E-state index in [2.05, 4.69) is 11.0 Å². The Balaban J connectivity index is 2.17. The summed E-state index contributed by atoms with van der Waals surface area (Å²) in [5, 5.41) is 9.76. The van der Waals surface area contributed by atoms with Crippen molar-refractivity contribution in [2.45, 2.75) is 19.3 Å². The van der Waals surface area contributed by atoms with Gasteiger partial charge in [0.15, 0.2) is 0 Å². The van der Waals surface area contributed by atoms with Gasteiger partial charge in [-0.25, -0.2) is 4.79 Å². The Morgan fingerprint density at radius 2 is 1.81 bits per heavy atom. The zero-order chi connectivity index (χ0) is 14.8. The van der Waals surface area contributed by atoms with Gasteiger partial charge < -0.3 is 10.0 Å². The molecule has 2 aromatic rings. The van der Waals surface area contributed by atoms with Gasteiger partial charge in [0.25, 0.3) is 0 Å². The molecule has 3 nitrogen and oxygen atoms in total. The van der Waals surface area contributed by atoms with Crippen molar-refractivity contribution in [3.05, 3.63) is 58.6 Å². The maximum absolute atomic E-state index is 11.6. The Kier molecular flexibility index (Phi) is 3.84. The number of hydrogen-bond acceptors (Lipinski definition) is 2. The lowest BCUT2D eigenvalue weighted by atomic mass is 10.1. The van der Waals surface area contributed by atoms with Crippen LogP contribution in [0.1, 0.15) is 28.8 Å². The van der Waals surface area contributed by atoms with Crippen LogP contribution >= 0.6 is 11.6 Å². The summed E-state index contributed by atoms with van der Waals surface area (Å²) in [5.74, 6) is -0.989. The van der Waals surface area contributed by atoms with E-state index in [0.717, 1.165) is 31.5 Å². The first-order valence-electron chi connectivity index (χ1n) is 7.06. The molecule has 0 radical (unpaired) electrons. The molecule has 1 aliphatic rings. The van der Waals surface area contributed by atoms with Crippen molar-refractivity contribution in [2.75, 3.05) is 11.4 Å². The van der Waals surface area contributed by atoms with Crippen molar-refractivity contribution in [1.29, 1.82) is 0 Å². The Morgan fingerprint density at radius 3 is 2.62 bits per heavy atom. The number of nitrogens with zero attached hydrogens (tertiary/aromatic N) is 1. The number of benzene rings is 2. The summed E-state index contributed by atoms with van der Waals surface area (Å²) in [6, 6.07) is 13.4. The Hall–Kier alpha value is -2.00. The van der Waals surface area contributed by atoms with Crippen LogP contribution < -0.4 is 4.90 Å². The topological polar surface area (TPSA) is 40.5 Å². The average molecular weight is 302 g/mol. The molecular weight excluding hydrogens is 286 g/mol. The molecule has 0 spiro atoms. The van der Waals surface area contributed by atoms with E-state index in [0.29, 0.717) is 5.69 Å². The highest BCUT2D eigenvalue weighted by Gasteiger charge is 2.23. The molecule has 0 fully saturated rings. The Morgan fingerprint density at radius 1 is 1.05 bits per heavy atom. The van der Waals surface area contributed by atoms with Crippen LogP contribution in [-0.4, -0.2) is 17.6 Å². The average Bonchev–Trinajstić information content (AvgIpc) is 2.68. The maximum atomic E-state index is 11.6. The van der Waals surface area contributed by atoms with Crippen LogP contribution in [0.3, 0.4) is 0 Å². The summed E-state index contributed by atoms with van der Waals surface area (Å²) < 4.78 is 0. The van der Waals surface area contributed by atoms with Gasteiger partial charge >= 0.3 is 5.97 Å². The largest absolute Gasteiger partial charge is 0.478 e. The minimum atomic E-state index is -0.989. The summed E-state index contributed by atoms with van der Waals surface area (Å²) in [4.78, 5) is 13.7. The quantitative estimate of drug-likeness (QED) is 0.887. The van der Waals surface area contributed by atoms with Gasteiger partial charge in [0.1, 0.15) is 5.56 Å². The van der Waals surface area contributed by atoms with Crippen molar-refractivity contribution in [2.24, 2.45) is 0 Å². The van der Waals surface area contributed by atoms with Crippen LogP contribution in [-0.2, 0) is 6.42 Å². The van der Waals surface area contributed by atoms with E-state index in [-0.39, 0.29) is 10.6 Å². The molecule has 1 N–H and O–H groups in total. The van der Waals surface area contributed by atoms with Crippen LogP contribution in [0.15, 0.2) is 42.5 Å². The number of fused-ring (bicyclic) bond motifs is 1. The number of carbonyl (C=O) groups is 1. The number of aromatic carboxylic acids is 1. The van der Waals surface area contributed by atoms with E-state index in [9.17, 15) is 9.90 Å². The molecule has 0 amide bonds. The molecule has 3 rings (SSSR count). The summed E-state index contributed by atoms with van der Waals surface area (Å²) in [6.45, 7) is 0.803. The third-order valence-electron chi connectivity index (χ3n) is 3.86. The molecule has 0 unspecified atom stereocenters. The lowest BCUT2D eigenvalue weighted by molar-refractivity contribution is 0.0698. The first-order valence-corrected chi connectivity index (χ1v) is 7.43. The number of hydrogen-bond donors (Lipinski definition) is 1. The molecule has 0 saturated carbocycles. The second-order valence-electron chi connectivity index (χ2n) is 5.18.